The molecule has 0 bridgehead atoms. The van der Waals surface area contributed by atoms with Crippen molar-refractivity contribution in [2.24, 2.45) is 11.8 Å². The fourth-order valence-corrected chi connectivity index (χ4v) is 4.61. The Bertz CT molecular complexity index is 413. The minimum atomic E-state index is 0.559. The van der Waals surface area contributed by atoms with Gasteiger partial charge in [0.05, 0.1) is 5.02 Å². The molecule has 0 radical (unpaired) electrons. The molecule has 4 unspecified atom stereocenters. The summed E-state index contributed by atoms with van der Waals surface area (Å²) in [6, 6.07) is 4.38. The van der Waals surface area contributed by atoms with E-state index in [4.69, 9.17) is 11.6 Å². The maximum Gasteiger partial charge on any atom is 0.115 e. The van der Waals surface area contributed by atoms with Gasteiger partial charge in [0, 0.05) is 17.5 Å². The van der Waals surface area contributed by atoms with Crippen molar-refractivity contribution < 1.29 is 0 Å². The molecule has 0 aliphatic heterocycles. The molecular weight excluding hydrogens is 276 g/mol. The van der Waals surface area contributed by atoms with Crippen LogP contribution in [0.25, 0.3) is 0 Å². The summed E-state index contributed by atoms with van der Waals surface area (Å²) in [5.74, 6) is 1.49. The molecule has 1 aliphatic rings. The third-order valence-electron chi connectivity index (χ3n) is 3.83. The minimum Gasteiger partial charge on any atom is -0.313 e. The normalized spacial score (nSPS) is 31.4. The molecule has 1 aromatic rings. The van der Waals surface area contributed by atoms with Gasteiger partial charge in [-0.25, -0.2) is 4.98 Å². The lowest BCUT2D eigenvalue weighted by atomic mass is 9.80. The Morgan fingerprint density at radius 3 is 2.89 bits per heavy atom. The highest BCUT2D eigenvalue weighted by Crippen LogP contribution is 2.40. The highest BCUT2D eigenvalue weighted by Gasteiger charge is 2.34. The third kappa shape index (κ3) is 3.87. The van der Waals surface area contributed by atoms with Crippen molar-refractivity contribution in [1.29, 1.82) is 0 Å². The van der Waals surface area contributed by atoms with Crippen LogP contribution in [0.2, 0.25) is 5.02 Å². The lowest BCUT2D eigenvalue weighted by molar-refractivity contribution is 0.251. The topological polar surface area (TPSA) is 24.9 Å². The number of nitrogens with zero attached hydrogens (tertiary/aromatic N) is 1. The molecule has 0 amide bonds. The molecule has 0 spiro atoms. The Morgan fingerprint density at radius 1 is 1.42 bits per heavy atom. The van der Waals surface area contributed by atoms with Crippen molar-refractivity contribution in [2.75, 3.05) is 6.54 Å². The Kier molecular flexibility index (Phi) is 5.55. The van der Waals surface area contributed by atoms with Gasteiger partial charge in [-0.1, -0.05) is 44.1 Å². The zero-order valence-corrected chi connectivity index (χ0v) is 13.5. The summed E-state index contributed by atoms with van der Waals surface area (Å²) < 4.78 is 0. The van der Waals surface area contributed by atoms with Gasteiger partial charge in [-0.05, 0) is 43.4 Å². The summed E-state index contributed by atoms with van der Waals surface area (Å²) in [5, 5.41) is 5.94. The van der Waals surface area contributed by atoms with E-state index < -0.39 is 0 Å². The second-order valence-corrected chi connectivity index (χ2v) is 7.16. The summed E-state index contributed by atoms with van der Waals surface area (Å²) in [6.07, 6.45) is 4.37. The molecule has 2 nitrogen and oxygen atoms in total. The zero-order valence-electron chi connectivity index (χ0n) is 11.9. The first-order valence-electron chi connectivity index (χ1n) is 7.12. The Morgan fingerprint density at radius 2 is 2.21 bits per heavy atom. The largest absolute Gasteiger partial charge is 0.313 e. The van der Waals surface area contributed by atoms with Crippen molar-refractivity contribution >= 4 is 23.4 Å². The molecule has 2 rings (SSSR count). The van der Waals surface area contributed by atoms with Crippen molar-refractivity contribution in [1.82, 2.24) is 10.3 Å². The number of hydrogen-bond donors (Lipinski definition) is 1. The number of hydrogen-bond acceptors (Lipinski definition) is 3. The van der Waals surface area contributed by atoms with Gasteiger partial charge in [0.15, 0.2) is 0 Å². The summed E-state index contributed by atoms with van der Waals surface area (Å²) in [5.41, 5.74) is 0. The van der Waals surface area contributed by atoms with Gasteiger partial charge in [0.1, 0.15) is 5.03 Å². The first kappa shape index (κ1) is 15.1. The quantitative estimate of drug-likeness (QED) is 0.900. The van der Waals surface area contributed by atoms with Crippen LogP contribution in [0.1, 0.15) is 33.6 Å². The number of rotatable bonds is 4. The SMILES string of the molecule is CCNC1CC(C)CC(C)C1Sc1ncccc1Cl. The van der Waals surface area contributed by atoms with E-state index in [-0.39, 0.29) is 0 Å². The van der Waals surface area contributed by atoms with E-state index in [0.717, 1.165) is 22.5 Å². The average molecular weight is 299 g/mol. The highest BCUT2D eigenvalue weighted by atomic mass is 35.5. The Labute approximate surface area is 125 Å². The van der Waals surface area contributed by atoms with Crippen molar-refractivity contribution in [3.8, 4) is 0 Å². The molecule has 106 valence electrons. The molecule has 1 aliphatic carbocycles. The van der Waals surface area contributed by atoms with Crippen LogP contribution < -0.4 is 5.32 Å². The van der Waals surface area contributed by atoms with Crippen LogP contribution in [0.15, 0.2) is 23.4 Å². The second kappa shape index (κ2) is 6.96. The first-order chi connectivity index (χ1) is 9.11. The van der Waals surface area contributed by atoms with Crippen LogP contribution in [0, 0.1) is 11.8 Å². The molecular formula is C15H23ClN2S. The maximum atomic E-state index is 6.24. The smallest absolute Gasteiger partial charge is 0.115 e. The Balaban J connectivity index is 2.13. The third-order valence-corrected chi connectivity index (χ3v) is 5.86. The van der Waals surface area contributed by atoms with Gasteiger partial charge in [0.2, 0.25) is 0 Å². The molecule has 4 atom stereocenters. The summed E-state index contributed by atoms with van der Waals surface area (Å²) in [4.78, 5) is 4.42. The van der Waals surface area contributed by atoms with Crippen LogP contribution in [-0.4, -0.2) is 22.8 Å². The standard InChI is InChI=1S/C15H23ClN2S/c1-4-17-13-9-10(2)8-11(3)14(13)19-15-12(16)6-5-7-18-15/h5-7,10-11,13-14,17H,4,8-9H2,1-3H3. The van der Waals surface area contributed by atoms with Crippen molar-refractivity contribution in [2.45, 2.75) is 49.9 Å². The number of nitrogens with one attached hydrogen (secondary N) is 1. The fraction of sp³-hybridized carbons (Fsp3) is 0.667. The van der Waals surface area contributed by atoms with Gasteiger partial charge in [-0.3, -0.25) is 0 Å². The predicted molar refractivity (Wildman–Crippen MR) is 83.9 cm³/mol. The first-order valence-corrected chi connectivity index (χ1v) is 8.38. The lowest BCUT2D eigenvalue weighted by Crippen LogP contribution is -2.46. The molecule has 19 heavy (non-hydrogen) atoms. The molecule has 0 aromatic carbocycles. The molecule has 1 N–H and O–H groups in total. The van der Waals surface area contributed by atoms with E-state index in [0.29, 0.717) is 17.2 Å². The number of aromatic nitrogens is 1. The Hall–Kier alpha value is -0.250. The molecule has 1 saturated carbocycles. The molecule has 1 heterocycles. The van der Waals surface area contributed by atoms with Crippen LogP contribution in [0.4, 0.5) is 0 Å². The maximum absolute atomic E-state index is 6.24. The average Bonchev–Trinajstić information content (AvgIpc) is 2.36. The van der Waals surface area contributed by atoms with E-state index in [1.54, 1.807) is 0 Å². The van der Waals surface area contributed by atoms with Crippen LogP contribution in [-0.2, 0) is 0 Å². The van der Waals surface area contributed by atoms with Crippen molar-refractivity contribution in [3.05, 3.63) is 23.4 Å². The van der Waals surface area contributed by atoms with Gasteiger partial charge in [-0.2, -0.15) is 0 Å². The molecule has 1 fully saturated rings. The minimum absolute atomic E-state index is 0.559. The van der Waals surface area contributed by atoms with E-state index in [9.17, 15) is 0 Å². The highest BCUT2D eigenvalue weighted by molar-refractivity contribution is 8.00. The number of halogens is 1. The molecule has 4 heteroatoms. The van der Waals surface area contributed by atoms with E-state index in [1.165, 1.54) is 12.8 Å². The van der Waals surface area contributed by atoms with Crippen LogP contribution in [0.3, 0.4) is 0 Å². The van der Waals surface area contributed by atoms with E-state index >= 15 is 0 Å². The van der Waals surface area contributed by atoms with Gasteiger partial charge < -0.3 is 5.32 Å². The summed E-state index contributed by atoms with van der Waals surface area (Å²) in [7, 11) is 0. The van der Waals surface area contributed by atoms with E-state index in [2.05, 4.69) is 31.1 Å². The molecule has 0 saturated heterocycles. The lowest BCUT2D eigenvalue weighted by Gasteiger charge is -2.39. The van der Waals surface area contributed by atoms with Gasteiger partial charge >= 0.3 is 0 Å². The monoisotopic (exact) mass is 298 g/mol. The van der Waals surface area contributed by atoms with Gasteiger partial charge in [0.25, 0.3) is 0 Å². The second-order valence-electron chi connectivity index (χ2n) is 5.59. The van der Waals surface area contributed by atoms with Crippen molar-refractivity contribution in [3.63, 3.8) is 0 Å². The fourth-order valence-electron chi connectivity index (χ4n) is 3.08. The number of thioether (sulfide) groups is 1. The molecule has 1 aromatic heterocycles. The van der Waals surface area contributed by atoms with Crippen LogP contribution in [0.5, 0.6) is 0 Å². The number of pyridine rings is 1. The predicted octanol–water partition coefficient (Wildman–Crippen LogP) is 4.24. The zero-order chi connectivity index (χ0) is 13.8. The summed E-state index contributed by atoms with van der Waals surface area (Å²) in [6.45, 7) is 7.92. The van der Waals surface area contributed by atoms with Gasteiger partial charge in [-0.15, -0.1) is 0 Å². The van der Waals surface area contributed by atoms with E-state index in [1.807, 2.05) is 30.1 Å². The van der Waals surface area contributed by atoms with Crippen LogP contribution >= 0.6 is 23.4 Å². The summed E-state index contributed by atoms with van der Waals surface area (Å²) >= 11 is 8.08.